The van der Waals surface area contributed by atoms with Gasteiger partial charge in [0.2, 0.25) is 10.0 Å². The first-order valence-corrected chi connectivity index (χ1v) is 7.02. The Hall–Kier alpha value is -1.44. The molecule has 0 radical (unpaired) electrons. The van der Waals surface area contributed by atoms with E-state index < -0.39 is 15.9 Å². The van der Waals surface area contributed by atoms with E-state index in [0.29, 0.717) is 18.7 Å². The molecule has 0 atom stereocenters. The number of nitrogens with two attached hydrogens (primary N) is 1. The number of nitrogens with one attached hydrogen (secondary N) is 1. The molecule has 0 saturated heterocycles. The normalized spacial score (nSPS) is 11.6. The molecule has 0 fully saturated rings. The van der Waals surface area contributed by atoms with Crippen molar-refractivity contribution in [2.24, 2.45) is 5.84 Å². The van der Waals surface area contributed by atoms with Crippen molar-refractivity contribution in [3.8, 4) is 0 Å². The van der Waals surface area contributed by atoms with Gasteiger partial charge in [-0.05, 0) is 24.3 Å². The van der Waals surface area contributed by atoms with Gasteiger partial charge in [0, 0.05) is 18.7 Å². The van der Waals surface area contributed by atoms with Gasteiger partial charge in [-0.25, -0.2) is 14.3 Å². The fourth-order valence-electron chi connectivity index (χ4n) is 1.57. The highest BCUT2D eigenvalue weighted by atomic mass is 32.2. The number of sulfonamides is 1. The molecule has 1 rings (SSSR count). The van der Waals surface area contributed by atoms with E-state index in [1.165, 1.54) is 28.6 Å². The molecule has 100 valence electrons. The smallest absolute Gasteiger partial charge is 0.265 e. The summed E-state index contributed by atoms with van der Waals surface area (Å²) in [4.78, 5) is 11.4. The average molecular weight is 271 g/mol. The van der Waals surface area contributed by atoms with Gasteiger partial charge in [-0.15, -0.1) is 0 Å². The van der Waals surface area contributed by atoms with Gasteiger partial charge in [-0.3, -0.25) is 10.2 Å². The first kappa shape index (κ1) is 14.6. The number of carbonyl (C=O) groups excluding carboxylic acids is 1. The molecular weight excluding hydrogens is 254 g/mol. The number of nitrogen functional groups attached to an aromatic ring is 1. The second kappa shape index (κ2) is 5.94. The molecule has 0 unspecified atom stereocenters. The number of hydrogen-bond acceptors (Lipinski definition) is 4. The minimum atomic E-state index is -3.48. The van der Waals surface area contributed by atoms with Crippen LogP contribution in [0, 0.1) is 0 Å². The summed E-state index contributed by atoms with van der Waals surface area (Å²) in [6.45, 7) is 4.36. The van der Waals surface area contributed by atoms with Crippen LogP contribution in [-0.4, -0.2) is 31.7 Å². The van der Waals surface area contributed by atoms with Crippen molar-refractivity contribution in [2.75, 3.05) is 13.1 Å². The first-order valence-electron chi connectivity index (χ1n) is 5.58. The summed E-state index contributed by atoms with van der Waals surface area (Å²) in [7, 11) is -3.48. The molecule has 7 heteroatoms. The molecule has 3 N–H and O–H groups in total. The van der Waals surface area contributed by atoms with Crippen molar-refractivity contribution in [1.29, 1.82) is 0 Å². The van der Waals surface area contributed by atoms with Crippen molar-refractivity contribution in [3.05, 3.63) is 29.8 Å². The maximum atomic E-state index is 12.1. The Labute approximate surface area is 107 Å². The summed E-state index contributed by atoms with van der Waals surface area (Å²) in [5.41, 5.74) is 2.30. The van der Waals surface area contributed by atoms with Crippen molar-refractivity contribution in [2.45, 2.75) is 18.7 Å². The topological polar surface area (TPSA) is 92.5 Å². The fourth-order valence-corrected chi connectivity index (χ4v) is 3.03. The van der Waals surface area contributed by atoms with Crippen molar-refractivity contribution in [1.82, 2.24) is 9.73 Å². The average Bonchev–Trinajstić information content (AvgIpc) is 2.39. The Balaban J connectivity index is 3.08. The Bertz CT molecular complexity index is 507. The lowest BCUT2D eigenvalue weighted by atomic mass is 10.2. The predicted octanol–water partition coefficient (Wildman–Crippen LogP) is 0.321. The van der Waals surface area contributed by atoms with E-state index in [4.69, 9.17) is 5.84 Å². The van der Waals surface area contributed by atoms with Gasteiger partial charge < -0.3 is 0 Å². The zero-order chi connectivity index (χ0) is 13.8. The van der Waals surface area contributed by atoms with Gasteiger partial charge in [0.15, 0.2) is 0 Å². The molecule has 0 heterocycles. The summed E-state index contributed by atoms with van der Waals surface area (Å²) >= 11 is 0. The van der Waals surface area contributed by atoms with Crippen LogP contribution < -0.4 is 11.3 Å². The van der Waals surface area contributed by atoms with Crippen LogP contribution >= 0.6 is 0 Å². The van der Waals surface area contributed by atoms with Gasteiger partial charge in [0.05, 0.1) is 4.90 Å². The number of rotatable bonds is 5. The summed E-state index contributed by atoms with van der Waals surface area (Å²) in [6.07, 6.45) is 0. The van der Waals surface area contributed by atoms with Gasteiger partial charge in [0.25, 0.3) is 5.91 Å². The molecule has 1 aromatic rings. The fraction of sp³-hybridized carbons (Fsp3) is 0.364. The summed E-state index contributed by atoms with van der Waals surface area (Å²) < 4.78 is 25.6. The van der Waals surface area contributed by atoms with Crippen LogP contribution in [0.3, 0.4) is 0 Å². The standard InChI is InChI=1S/C11H17N3O3S/c1-3-14(4-2)18(16,17)10-7-5-9(6-8-10)11(15)13-12/h5-8H,3-4,12H2,1-2H3,(H,13,15). The Morgan fingerprint density at radius 2 is 1.72 bits per heavy atom. The Morgan fingerprint density at radius 1 is 1.22 bits per heavy atom. The third kappa shape index (κ3) is 2.87. The number of hydrogen-bond donors (Lipinski definition) is 2. The molecule has 0 aliphatic heterocycles. The lowest BCUT2D eigenvalue weighted by Crippen LogP contribution is -2.31. The number of amides is 1. The Kier molecular flexibility index (Phi) is 4.83. The molecule has 0 aliphatic carbocycles. The van der Waals surface area contributed by atoms with E-state index in [1.54, 1.807) is 13.8 Å². The first-order chi connectivity index (χ1) is 8.47. The largest absolute Gasteiger partial charge is 0.290 e. The number of hydrazine groups is 1. The monoisotopic (exact) mass is 271 g/mol. The van der Waals surface area contributed by atoms with Crippen LogP contribution in [0.25, 0.3) is 0 Å². The quantitative estimate of drug-likeness (QED) is 0.458. The van der Waals surface area contributed by atoms with E-state index >= 15 is 0 Å². The molecule has 1 amide bonds. The van der Waals surface area contributed by atoms with Crippen LogP contribution in [0.1, 0.15) is 24.2 Å². The lowest BCUT2D eigenvalue weighted by molar-refractivity contribution is 0.0953. The van der Waals surface area contributed by atoms with Crippen molar-refractivity contribution >= 4 is 15.9 Å². The van der Waals surface area contributed by atoms with Crippen LogP contribution in [-0.2, 0) is 10.0 Å². The summed E-state index contributed by atoms with van der Waals surface area (Å²) in [5, 5.41) is 0. The summed E-state index contributed by atoms with van der Waals surface area (Å²) in [5.74, 6) is 4.54. The second-order valence-corrected chi connectivity index (χ2v) is 5.53. The molecule has 6 nitrogen and oxygen atoms in total. The molecular formula is C11H17N3O3S. The zero-order valence-corrected chi connectivity index (χ0v) is 11.2. The number of nitrogens with zero attached hydrogens (tertiary/aromatic N) is 1. The SMILES string of the molecule is CCN(CC)S(=O)(=O)c1ccc(C(=O)NN)cc1. The molecule has 0 spiro atoms. The van der Waals surface area contributed by atoms with Crippen LogP contribution in [0.2, 0.25) is 0 Å². The lowest BCUT2D eigenvalue weighted by Gasteiger charge is -2.18. The molecule has 0 aromatic heterocycles. The number of carbonyl (C=O) groups is 1. The van der Waals surface area contributed by atoms with E-state index in [9.17, 15) is 13.2 Å². The molecule has 1 aromatic carbocycles. The van der Waals surface area contributed by atoms with Gasteiger partial charge in [-0.1, -0.05) is 13.8 Å². The number of benzene rings is 1. The third-order valence-corrected chi connectivity index (χ3v) is 4.65. The summed E-state index contributed by atoms with van der Waals surface area (Å²) in [6, 6.07) is 5.66. The molecule has 18 heavy (non-hydrogen) atoms. The molecule has 0 aliphatic rings. The van der Waals surface area contributed by atoms with Gasteiger partial charge >= 0.3 is 0 Å². The third-order valence-electron chi connectivity index (χ3n) is 2.59. The van der Waals surface area contributed by atoms with Crippen molar-refractivity contribution < 1.29 is 13.2 Å². The molecule has 0 bridgehead atoms. The minimum absolute atomic E-state index is 0.166. The van der Waals surface area contributed by atoms with Crippen LogP contribution in [0.5, 0.6) is 0 Å². The Morgan fingerprint density at radius 3 is 2.11 bits per heavy atom. The van der Waals surface area contributed by atoms with E-state index in [2.05, 4.69) is 0 Å². The van der Waals surface area contributed by atoms with E-state index in [1.807, 2.05) is 5.43 Å². The van der Waals surface area contributed by atoms with E-state index in [-0.39, 0.29) is 4.90 Å². The highest BCUT2D eigenvalue weighted by Gasteiger charge is 2.21. The van der Waals surface area contributed by atoms with Crippen LogP contribution in [0.15, 0.2) is 29.2 Å². The van der Waals surface area contributed by atoms with Crippen LogP contribution in [0.4, 0.5) is 0 Å². The predicted molar refractivity (Wildman–Crippen MR) is 68.2 cm³/mol. The molecule has 0 saturated carbocycles. The van der Waals surface area contributed by atoms with Gasteiger partial charge in [-0.2, -0.15) is 4.31 Å². The highest BCUT2D eigenvalue weighted by molar-refractivity contribution is 7.89. The minimum Gasteiger partial charge on any atom is -0.290 e. The van der Waals surface area contributed by atoms with Crippen molar-refractivity contribution in [3.63, 3.8) is 0 Å². The maximum absolute atomic E-state index is 12.1. The highest BCUT2D eigenvalue weighted by Crippen LogP contribution is 2.16. The van der Waals surface area contributed by atoms with E-state index in [0.717, 1.165) is 0 Å². The maximum Gasteiger partial charge on any atom is 0.265 e. The second-order valence-electron chi connectivity index (χ2n) is 3.59. The van der Waals surface area contributed by atoms with Gasteiger partial charge in [0.1, 0.15) is 0 Å². The zero-order valence-electron chi connectivity index (χ0n) is 10.4.